The average molecular weight is 226 g/mol. The summed E-state index contributed by atoms with van der Waals surface area (Å²) < 4.78 is 5.54. The summed E-state index contributed by atoms with van der Waals surface area (Å²) >= 11 is 0. The molecule has 1 N–H and O–H groups in total. The van der Waals surface area contributed by atoms with E-state index in [1.54, 1.807) is 0 Å². The molecule has 0 aromatic rings. The van der Waals surface area contributed by atoms with Crippen LogP contribution >= 0.6 is 0 Å². The standard InChI is InChI=1S/C12H22N2O2/c1-9-8-16-10(2)7-14(9)12(15)11-5-3-4-6-13-11/h9-11,13H,3-8H2,1-2H3/t9?,10?,11-/m1/s1. The summed E-state index contributed by atoms with van der Waals surface area (Å²) in [5.74, 6) is 0.266. The lowest BCUT2D eigenvalue weighted by Gasteiger charge is -2.39. The molecule has 4 heteroatoms. The lowest BCUT2D eigenvalue weighted by Crippen LogP contribution is -2.56. The van der Waals surface area contributed by atoms with E-state index >= 15 is 0 Å². The van der Waals surface area contributed by atoms with Gasteiger partial charge >= 0.3 is 0 Å². The number of nitrogens with one attached hydrogen (secondary N) is 1. The van der Waals surface area contributed by atoms with Crippen molar-refractivity contribution in [1.82, 2.24) is 10.2 Å². The van der Waals surface area contributed by atoms with Gasteiger partial charge in [0, 0.05) is 6.54 Å². The third-order valence-corrected chi connectivity index (χ3v) is 3.50. The molecule has 92 valence electrons. The van der Waals surface area contributed by atoms with Crippen LogP contribution in [0.4, 0.5) is 0 Å². The minimum atomic E-state index is 0.0431. The zero-order chi connectivity index (χ0) is 11.5. The van der Waals surface area contributed by atoms with Gasteiger partial charge in [0.05, 0.1) is 24.8 Å². The van der Waals surface area contributed by atoms with E-state index in [1.807, 2.05) is 11.8 Å². The Labute approximate surface area is 97.3 Å². The molecule has 16 heavy (non-hydrogen) atoms. The number of hydrogen-bond acceptors (Lipinski definition) is 3. The van der Waals surface area contributed by atoms with Crippen molar-refractivity contribution >= 4 is 5.91 Å². The first-order valence-corrected chi connectivity index (χ1v) is 6.34. The lowest BCUT2D eigenvalue weighted by molar-refractivity contribution is -0.146. The maximum Gasteiger partial charge on any atom is 0.240 e. The van der Waals surface area contributed by atoms with Crippen molar-refractivity contribution in [2.45, 2.75) is 51.3 Å². The smallest absolute Gasteiger partial charge is 0.240 e. The van der Waals surface area contributed by atoms with E-state index < -0.39 is 0 Å². The van der Waals surface area contributed by atoms with Crippen LogP contribution < -0.4 is 5.32 Å². The minimum absolute atomic E-state index is 0.0431. The van der Waals surface area contributed by atoms with Crippen LogP contribution in [0.2, 0.25) is 0 Å². The summed E-state index contributed by atoms with van der Waals surface area (Å²) in [6, 6.07) is 0.258. The highest BCUT2D eigenvalue weighted by Crippen LogP contribution is 2.16. The van der Waals surface area contributed by atoms with Crippen LogP contribution in [0.15, 0.2) is 0 Å². The van der Waals surface area contributed by atoms with Gasteiger partial charge in [0.15, 0.2) is 0 Å². The summed E-state index contributed by atoms with van der Waals surface area (Å²) in [6.45, 7) is 6.47. The van der Waals surface area contributed by atoms with Gasteiger partial charge in [-0.15, -0.1) is 0 Å². The highest BCUT2D eigenvalue weighted by atomic mass is 16.5. The molecular formula is C12H22N2O2. The van der Waals surface area contributed by atoms with Crippen LogP contribution in [-0.4, -0.2) is 48.7 Å². The van der Waals surface area contributed by atoms with Crippen molar-refractivity contribution in [2.24, 2.45) is 0 Å². The molecule has 2 rings (SSSR count). The SMILES string of the molecule is CC1CN(C(=O)[C@H]2CCCCN2)C(C)CO1. The highest BCUT2D eigenvalue weighted by Gasteiger charge is 2.32. The lowest BCUT2D eigenvalue weighted by atomic mass is 10.0. The Bertz CT molecular complexity index is 251. The van der Waals surface area contributed by atoms with Crippen LogP contribution in [0.1, 0.15) is 33.1 Å². The first-order chi connectivity index (χ1) is 7.68. The Morgan fingerprint density at radius 3 is 2.88 bits per heavy atom. The molecule has 3 atom stereocenters. The van der Waals surface area contributed by atoms with Crippen molar-refractivity contribution in [3.63, 3.8) is 0 Å². The van der Waals surface area contributed by atoms with E-state index in [0.29, 0.717) is 6.61 Å². The van der Waals surface area contributed by atoms with Crippen LogP contribution in [-0.2, 0) is 9.53 Å². The number of ether oxygens (including phenoxy) is 1. The van der Waals surface area contributed by atoms with E-state index in [4.69, 9.17) is 4.74 Å². The summed E-state index contributed by atoms with van der Waals surface area (Å²) in [7, 11) is 0. The molecule has 2 saturated heterocycles. The van der Waals surface area contributed by atoms with Crippen molar-refractivity contribution in [3.8, 4) is 0 Å². The molecule has 0 aliphatic carbocycles. The molecule has 0 radical (unpaired) electrons. The average Bonchev–Trinajstić information content (AvgIpc) is 2.32. The number of morpholine rings is 1. The van der Waals surface area contributed by atoms with Gasteiger partial charge < -0.3 is 15.0 Å². The summed E-state index contributed by atoms with van der Waals surface area (Å²) in [4.78, 5) is 14.3. The van der Waals surface area contributed by atoms with Crippen LogP contribution in [0.5, 0.6) is 0 Å². The molecule has 2 unspecified atom stereocenters. The zero-order valence-electron chi connectivity index (χ0n) is 10.2. The second-order valence-electron chi connectivity index (χ2n) is 4.99. The topological polar surface area (TPSA) is 41.6 Å². The first-order valence-electron chi connectivity index (χ1n) is 6.34. The van der Waals surface area contributed by atoms with Crippen LogP contribution in [0.25, 0.3) is 0 Å². The third-order valence-electron chi connectivity index (χ3n) is 3.50. The first kappa shape index (κ1) is 11.9. The summed E-state index contributed by atoms with van der Waals surface area (Å²) in [5.41, 5.74) is 0. The quantitative estimate of drug-likeness (QED) is 0.718. The van der Waals surface area contributed by atoms with Gasteiger partial charge in [-0.3, -0.25) is 4.79 Å². The van der Waals surface area contributed by atoms with Crippen LogP contribution in [0, 0.1) is 0 Å². The molecule has 0 aromatic carbocycles. The largest absolute Gasteiger partial charge is 0.375 e. The molecule has 2 aliphatic rings. The Morgan fingerprint density at radius 1 is 1.38 bits per heavy atom. The van der Waals surface area contributed by atoms with E-state index in [2.05, 4.69) is 12.2 Å². The molecule has 1 amide bonds. The van der Waals surface area contributed by atoms with Crippen molar-refractivity contribution in [3.05, 3.63) is 0 Å². The van der Waals surface area contributed by atoms with Gasteiger partial charge in [-0.05, 0) is 33.2 Å². The Balaban J connectivity index is 1.96. The maximum absolute atomic E-state index is 12.3. The number of carbonyl (C=O) groups is 1. The van der Waals surface area contributed by atoms with Gasteiger partial charge in [0.2, 0.25) is 5.91 Å². The van der Waals surface area contributed by atoms with E-state index in [-0.39, 0.29) is 24.1 Å². The number of carbonyl (C=O) groups excluding carboxylic acids is 1. The molecule has 2 aliphatic heterocycles. The molecule has 0 saturated carbocycles. The zero-order valence-corrected chi connectivity index (χ0v) is 10.2. The molecule has 0 bridgehead atoms. The molecule has 0 spiro atoms. The number of rotatable bonds is 1. The number of amides is 1. The normalized spacial score (nSPS) is 36.1. The van der Waals surface area contributed by atoms with Crippen molar-refractivity contribution < 1.29 is 9.53 Å². The van der Waals surface area contributed by atoms with Crippen LogP contribution in [0.3, 0.4) is 0 Å². The Morgan fingerprint density at radius 2 is 2.19 bits per heavy atom. The molecule has 0 aromatic heterocycles. The van der Waals surface area contributed by atoms with Crippen molar-refractivity contribution in [2.75, 3.05) is 19.7 Å². The third kappa shape index (κ3) is 2.55. The minimum Gasteiger partial charge on any atom is -0.375 e. The maximum atomic E-state index is 12.3. The number of nitrogens with zero attached hydrogens (tertiary/aromatic N) is 1. The Hall–Kier alpha value is -0.610. The van der Waals surface area contributed by atoms with Gasteiger partial charge in [-0.25, -0.2) is 0 Å². The molecule has 2 heterocycles. The van der Waals surface area contributed by atoms with Gasteiger partial charge in [-0.1, -0.05) is 6.42 Å². The monoisotopic (exact) mass is 226 g/mol. The van der Waals surface area contributed by atoms with Crippen molar-refractivity contribution in [1.29, 1.82) is 0 Å². The highest BCUT2D eigenvalue weighted by molar-refractivity contribution is 5.82. The van der Waals surface area contributed by atoms with Gasteiger partial charge in [-0.2, -0.15) is 0 Å². The van der Waals surface area contributed by atoms with E-state index in [0.717, 1.165) is 25.9 Å². The summed E-state index contributed by atoms with van der Waals surface area (Å²) in [6.07, 6.45) is 3.51. The fourth-order valence-electron chi connectivity index (χ4n) is 2.47. The number of hydrogen-bond donors (Lipinski definition) is 1. The fraction of sp³-hybridized carbons (Fsp3) is 0.917. The van der Waals surface area contributed by atoms with E-state index in [1.165, 1.54) is 6.42 Å². The fourth-order valence-corrected chi connectivity index (χ4v) is 2.47. The second-order valence-corrected chi connectivity index (χ2v) is 4.99. The Kier molecular flexibility index (Phi) is 3.82. The number of piperidine rings is 1. The van der Waals surface area contributed by atoms with Gasteiger partial charge in [0.25, 0.3) is 0 Å². The molecule has 2 fully saturated rings. The second kappa shape index (κ2) is 5.15. The predicted octanol–water partition coefficient (Wildman–Crippen LogP) is 0.764. The van der Waals surface area contributed by atoms with Gasteiger partial charge in [0.1, 0.15) is 0 Å². The molecule has 4 nitrogen and oxygen atoms in total. The summed E-state index contributed by atoms with van der Waals surface area (Å²) in [5, 5.41) is 3.32. The molecular weight excluding hydrogens is 204 g/mol. The predicted molar refractivity (Wildman–Crippen MR) is 62.2 cm³/mol. The van der Waals surface area contributed by atoms with E-state index in [9.17, 15) is 4.79 Å².